The number of hydrogen-bond acceptors (Lipinski definition) is 5. The number of carbonyl (C=O) groups excluding carboxylic acids is 1. The van der Waals surface area contributed by atoms with E-state index in [1.165, 1.54) is 15.7 Å². The number of nitrogens with one attached hydrogen (secondary N) is 1. The molecule has 0 bridgehead atoms. The van der Waals surface area contributed by atoms with E-state index < -0.39 is 23.4 Å². The molecule has 0 spiro atoms. The Labute approximate surface area is 164 Å². The Bertz CT molecular complexity index is 1160. The predicted octanol–water partition coefficient (Wildman–Crippen LogP) is 3.29. The highest BCUT2D eigenvalue weighted by Gasteiger charge is 2.25. The van der Waals surface area contributed by atoms with Gasteiger partial charge in [0.05, 0.1) is 6.04 Å². The number of nitrogens with zero attached hydrogens (tertiary/aromatic N) is 2. The Balaban J connectivity index is 1.78. The van der Waals surface area contributed by atoms with E-state index in [0.717, 1.165) is 11.1 Å². The molecule has 0 aliphatic carbocycles. The molecule has 1 amide bonds. The third-order valence-corrected chi connectivity index (χ3v) is 5.43. The first kappa shape index (κ1) is 17.9. The Morgan fingerprint density at radius 2 is 1.64 bits per heavy atom. The largest absolute Gasteiger partial charge is 0.492 e. The summed E-state index contributed by atoms with van der Waals surface area (Å²) in [6.07, 6.45) is 0. The minimum atomic E-state index is -0.673. The molecule has 2 N–H and O–H groups in total. The van der Waals surface area contributed by atoms with Crippen molar-refractivity contribution < 1.29 is 9.90 Å². The lowest BCUT2D eigenvalue weighted by atomic mass is 9.98. The Kier molecular flexibility index (Phi) is 4.67. The molecule has 7 heteroatoms. The average molecular weight is 391 g/mol. The quantitative estimate of drug-likeness (QED) is 0.559. The highest BCUT2D eigenvalue weighted by Crippen LogP contribution is 2.23. The first-order valence-corrected chi connectivity index (χ1v) is 9.55. The van der Waals surface area contributed by atoms with Gasteiger partial charge in [-0.05, 0) is 18.1 Å². The molecule has 0 saturated carbocycles. The smallest absolute Gasteiger partial charge is 0.275 e. The monoisotopic (exact) mass is 391 g/mol. The summed E-state index contributed by atoms with van der Waals surface area (Å²) in [6.45, 7) is 1.75. The van der Waals surface area contributed by atoms with Gasteiger partial charge in [-0.1, -0.05) is 60.7 Å². The zero-order chi connectivity index (χ0) is 19.7. The Morgan fingerprint density at radius 1 is 1.07 bits per heavy atom. The second-order valence-corrected chi connectivity index (χ2v) is 7.18. The topological polar surface area (TPSA) is 83.7 Å². The summed E-state index contributed by atoms with van der Waals surface area (Å²) in [7, 11) is 0. The van der Waals surface area contributed by atoms with Crippen molar-refractivity contribution in [1.29, 1.82) is 0 Å². The van der Waals surface area contributed by atoms with Gasteiger partial charge < -0.3 is 10.4 Å². The second kappa shape index (κ2) is 7.28. The summed E-state index contributed by atoms with van der Waals surface area (Å²) in [6, 6.07) is 18.4. The third-order valence-electron chi connectivity index (χ3n) is 4.49. The van der Waals surface area contributed by atoms with E-state index in [0.29, 0.717) is 10.7 Å². The fraction of sp³-hybridized carbons (Fsp3) is 0.0952. The van der Waals surface area contributed by atoms with Gasteiger partial charge in [0.1, 0.15) is 0 Å². The lowest BCUT2D eigenvalue weighted by Gasteiger charge is -2.20. The molecule has 0 saturated heterocycles. The van der Waals surface area contributed by atoms with Crippen LogP contribution in [0.1, 0.15) is 33.2 Å². The molecule has 140 valence electrons. The molecule has 0 aliphatic rings. The van der Waals surface area contributed by atoms with Crippen molar-refractivity contribution in [2.75, 3.05) is 0 Å². The van der Waals surface area contributed by atoms with Crippen LogP contribution < -0.4 is 10.9 Å². The van der Waals surface area contributed by atoms with E-state index in [4.69, 9.17) is 0 Å². The number of carbonyl (C=O) groups is 1. The fourth-order valence-corrected chi connectivity index (χ4v) is 3.98. The van der Waals surface area contributed by atoms with Crippen molar-refractivity contribution >= 4 is 22.2 Å². The molecule has 0 radical (unpaired) electrons. The first-order chi connectivity index (χ1) is 13.6. The summed E-state index contributed by atoms with van der Waals surface area (Å²) in [4.78, 5) is 30.2. The number of hydrogen-bond donors (Lipinski definition) is 2. The van der Waals surface area contributed by atoms with E-state index >= 15 is 0 Å². The number of fused-ring (bicyclic) bond motifs is 1. The van der Waals surface area contributed by atoms with Crippen LogP contribution in [0.5, 0.6) is 5.88 Å². The summed E-state index contributed by atoms with van der Waals surface area (Å²) in [5.41, 5.74) is 1.44. The molecule has 4 rings (SSSR count). The van der Waals surface area contributed by atoms with Crippen LogP contribution >= 0.6 is 11.3 Å². The summed E-state index contributed by atoms with van der Waals surface area (Å²) in [5, 5.41) is 14.9. The van der Waals surface area contributed by atoms with Crippen LogP contribution in [-0.4, -0.2) is 20.4 Å². The van der Waals surface area contributed by atoms with Crippen LogP contribution in [0.2, 0.25) is 0 Å². The molecule has 0 unspecified atom stereocenters. The summed E-state index contributed by atoms with van der Waals surface area (Å²) in [5.74, 6) is -1.24. The molecular formula is C21H17N3O3S. The molecule has 2 aromatic heterocycles. The zero-order valence-corrected chi connectivity index (χ0v) is 15.8. The number of aryl methyl sites for hydroxylation is 1. The van der Waals surface area contributed by atoms with Crippen LogP contribution in [0.3, 0.4) is 0 Å². The maximum Gasteiger partial charge on any atom is 0.275 e. The molecule has 0 fully saturated rings. The van der Waals surface area contributed by atoms with Crippen LogP contribution in [0.25, 0.3) is 4.96 Å². The van der Waals surface area contributed by atoms with Gasteiger partial charge in [0, 0.05) is 11.1 Å². The van der Waals surface area contributed by atoms with Gasteiger partial charge in [-0.2, -0.15) is 4.98 Å². The van der Waals surface area contributed by atoms with E-state index in [-0.39, 0.29) is 5.56 Å². The molecule has 28 heavy (non-hydrogen) atoms. The minimum absolute atomic E-state index is 0.346. The molecule has 0 aliphatic heterocycles. The predicted molar refractivity (Wildman–Crippen MR) is 108 cm³/mol. The highest BCUT2D eigenvalue weighted by atomic mass is 32.1. The van der Waals surface area contributed by atoms with Gasteiger partial charge in [-0.3, -0.25) is 14.0 Å². The number of thiazole rings is 1. The lowest BCUT2D eigenvalue weighted by Crippen LogP contribution is -2.34. The molecule has 4 aromatic rings. The van der Waals surface area contributed by atoms with Gasteiger partial charge >= 0.3 is 0 Å². The van der Waals surface area contributed by atoms with Crippen molar-refractivity contribution in [3.63, 3.8) is 0 Å². The van der Waals surface area contributed by atoms with E-state index in [9.17, 15) is 14.7 Å². The fourth-order valence-electron chi connectivity index (χ4n) is 3.12. The van der Waals surface area contributed by atoms with Crippen LogP contribution in [0, 0.1) is 6.92 Å². The zero-order valence-electron chi connectivity index (χ0n) is 15.0. The third kappa shape index (κ3) is 3.16. The minimum Gasteiger partial charge on any atom is -0.492 e. The average Bonchev–Trinajstić information content (AvgIpc) is 3.08. The van der Waals surface area contributed by atoms with E-state index in [2.05, 4.69) is 10.3 Å². The standard InChI is InChI=1S/C21H17N3O3S/c1-13-12-28-21-23-19(26)16(20(27)24(13)21)18(25)22-17(14-8-4-2-5-9-14)15-10-6-3-7-11-15/h2-12,17,26H,1H3,(H,22,25). The van der Waals surface area contributed by atoms with Crippen molar-refractivity contribution in [2.24, 2.45) is 0 Å². The maximum atomic E-state index is 13.0. The number of aromatic hydroxyl groups is 1. The second-order valence-electron chi connectivity index (χ2n) is 6.34. The number of aromatic nitrogens is 2. The van der Waals surface area contributed by atoms with Gasteiger partial charge in [0.25, 0.3) is 11.5 Å². The highest BCUT2D eigenvalue weighted by molar-refractivity contribution is 7.15. The van der Waals surface area contributed by atoms with Crippen molar-refractivity contribution in [1.82, 2.24) is 14.7 Å². The van der Waals surface area contributed by atoms with Crippen LogP contribution in [0.4, 0.5) is 0 Å². The summed E-state index contributed by atoms with van der Waals surface area (Å²) >= 11 is 1.23. The molecule has 6 nitrogen and oxygen atoms in total. The molecular weight excluding hydrogens is 374 g/mol. The van der Waals surface area contributed by atoms with E-state index in [1.807, 2.05) is 60.7 Å². The molecule has 2 aromatic carbocycles. The Hall–Kier alpha value is -3.45. The van der Waals surface area contributed by atoms with E-state index in [1.54, 1.807) is 12.3 Å². The van der Waals surface area contributed by atoms with Crippen molar-refractivity contribution in [2.45, 2.75) is 13.0 Å². The van der Waals surface area contributed by atoms with Gasteiger partial charge in [-0.25, -0.2) is 0 Å². The number of benzene rings is 2. The van der Waals surface area contributed by atoms with Crippen molar-refractivity contribution in [3.8, 4) is 5.88 Å². The molecule has 2 heterocycles. The van der Waals surface area contributed by atoms with Gasteiger partial charge in [0.15, 0.2) is 10.5 Å². The molecule has 0 atom stereocenters. The SMILES string of the molecule is Cc1csc2nc(O)c(C(=O)NC(c3ccccc3)c3ccccc3)c(=O)n12. The first-order valence-electron chi connectivity index (χ1n) is 8.67. The number of rotatable bonds is 4. The maximum absolute atomic E-state index is 13.0. The normalized spacial score (nSPS) is 11.1. The summed E-state index contributed by atoms with van der Waals surface area (Å²) < 4.78 is 1.33. The van der Waals surface area contributed by atoms with Gasteiger partial charge in [-0.15, -0.1) is 11.3 Å². The van der Waals surface area contributed by atoms with Crippen LogP contribution in [-0.2, 0) is 0 Å². The Morgan fingerprint density at radius 3 is 2.21 bits per heavy atom. The van der Waals surface area contributed by atoms with Crippen LogP contribution in [0.15, 0.2) is 70.8 Å². The van der Waals surface area contributed by atoms with Crippen molar-refractivity contribution in [3.05, 3.63) is 98.8 Å². The lowest BCUT2D eigenvalue weighted by molar-refractivity contribution is 0.0937. The number of amides is 1. The van der Waals surface area contributed by atoms with Gasteiger partial charge in [0.2, 0.25) is 5.88 Å².